The molecule has 6 nitrogen and oxygen atoms in total. The van der Waals surface area contributed by atoms with Gasteiger partial charge in [-0.05, 0) is 37.8 Å². The van der Waals surface area contributed by atoms with Gasteiger partial charge in [-0.15, -0.1) is 0 Å². The lowest BCUT2D eigenvalue weighted by molar-refractivity contribution is 0.0657. The first-order valence-electron chi connectivity index (χ1n) is 9.39. The van der Waals surface area contributed by atoms with E-state index in [1.807, 2.05) is 13.8 Å². The van der Waals surface area contributed by atoms with Crippen molar-refractivity contribution in [2.45, 2.75) is 45.9 Å². The number of nitrogens with one attached hydrogen (secondary N) is 2. The van der Waals surface area contributed by atoms with Crippen LogP contribution in [0.3, 0.4) is 0 Å². The van der Waals surface area contributed by atoms with Crippen LogP contribution in [0.4, 0.5) is 0 Å². The topological polar surface area (TPSA) is 75.1 Å². The van der Waals surface area contributed by atoms with Crippen LogP contribution in [-0.4, -0.2) is 50.6 Å². The molecule has 1 fully saturated rings. The van der Waals surface area contributed by atoms with E-state index in [1.165, 1.54) is 11.1 Å². The molecule has 0 aliphatic carbocycles. The van der Waals surface area contributed by atoms with Gasteiger partial charge in [-0.2, -0.15) is 0 Å². The third-order valence-corrected chi connectivity index (χ3v) is 4.72. The molecular formula is C20H33N3O3. The highest BCUT2D eigenvalue weighted by molar-refractivity contribution is 5.79. The second kappa shape index (κ2) is 10.5. The quantitative estimate of drug-likeness (QED) is 0.463. The highest BCUT2D eigenvalue weighted by Gasteiger charge is 2.34. The Balaban J connectivity index is 1.84. The minimum Gasteiger partial charge on any atom is -0.396 e. The van der Waals surface area contributed by atoms with Gasteiger partial charge in [0.2, 0.25) is 0 Å². The number of hydrogen-bond donors (Lipinski definition) is 3. The largest absolute Gasteiger partial charge is 0.396 e. The molecule has 146 valence electrons. The van der Waals surface area contributed by atoms with Gasteiger partial charge in [0.25, 0.3) is 0 Å². The van der Waals surface area contributed by atoms with Gasteiger partial charge in [-0.25, -0.2) is 0 Å². The fourth-order valence-corrected chi connectivity index (χ4v) is 3.08. The predicted octanol–water partition coefficient (Wildman–Crippen LogP) is 2.07. The van der Waals surface area contributed by atoms with Crippen molar-refractivity contribution in [3.05, 3.63) is 35.4 Å². The molecule has 1 aliphatic rings. The Hall–Kier alpha value is -1.63. The first-order valence-corrected chi connectivity index (χ1v) is 9.39. The zero-order valence-electron chi connectivity index (χ0n) is 16.3. The van der Waals surface area contributed by atoms with Crippen LogP contribution in [-0.2, 0) is 22.6 Å². The molecule has 0 aromatic heterocycles. The number of ether oxygens (including phenoxy) is 2. The number of rotatable bonds is 9. The molecule has 2 rings (SSSR count). The lowest BCUT2D eigenvalue weighted by atomic mass is 9.84. The van der Waals surface area contributed by atoms with Gasteiger partial charge in [0, 0.05) is 38.8 Å². The SMILES string of the molecule is CN=C(NCc1cccc(COC(C)C)c1)NCC1(CCO)CCOC1. The van der Waals surface area contributed by atoms with Gasteiger partial charge < -0.3 is 25.2 Å². The van der Waals surface area contributed by atoms with Crippen molar-refractivity contribution in [2.24, 2.45) is 10.4 Å². The molecule has 1 atom stereocenters. The summed E-state index contributed by atoms with van der Waals surface area (Å²) in [6, 6.07) is 8.38. The number of aliphatic hydroxyl groups excluding tert-OH is 1. The molecule has 3 N–H and O–H groups in total. The Morgan fingerprint density at radius 2 is 2.15 bits per heavy atom. The maximum absolute atomic E-state index is 9.33. The van der Waals surface area contributed by atoms with E-state index in [0.717, 1.165) is 32.0 Å². The molecular weight excluding hydrogens is 330 g/mol. The maximum Gasteiger partial charge on any atom is 0.191 e. The third-order valence-electron chi connectivity index (χ3n) is 4.72. The molecule has 0 saturated carbocycles. The zero-order chi connectivity index (χ0) is 18.8. The molecule has 1 aliphatic heterocycles. The minimum atomic E-state index is 0.000467. The number of guanidine groups is 1. The Kier molecular flexibility index (Phi) is 8.35. The maximum atomic E-state index is 9.33. The van der Waals surface area contributed by atoms with Gasteiger partial charge in [-0.3, -0.25) is 4.99 Å². The number of aliphatic hydroxyl groups is 1. The summed E-state index contributed by atoms with van der Waals surface area (Å²) in [7, 11) is 1.77. The fraction of sp³-hybridized carbons (Fsp3) is 0.650. The van der Waals surface area contributed by atoms with Crippen molar-refractivity contribution in [3.63, 3.8) is 0 Å². The van der Waals surface area contributed by atoms with Gasteiger partial charge >= 0.3 is 0 Å². The van der Waals surface area contributed by atoms with Crippen LogP contribution < -0.4 is 10.6 Å². The third kappa shape index (κ3) is 6.59. The molecule has 6 heteroatoms. The van der Waals surface area contributed by atoms with E-state index >= 15 is 0 Å². The highest BCUT2D eigenvalue weighted by Crippen LogP contribution is 2.31. The van der Waals surface area contributed by atoms with E-state index < -0.39 is 0 Å². The van der Waals surface area contributed by atoms with Crippen molar-refractivity contribution in [1.29, 1.82) is 0 Å². The summed E-state index contributed by atoms with van der Waals surface area (Å²) >= 11 is 0. The summed E-state index contributed by atoms with van der Waals surface area (Å²) in [5.41, 5.74) is 2.36. The van der Waals surface area contributed by atoms with Crippen molar-refractivity contribution >= 4 is 5.96 Å². The van der Waals surface area contributed by atoms with Crippen molar-refractivity contribution < 1.29 is 14.6 Å². The molecule has 0 amide bonds. The standard InChI is InChI=1S/C20H33N3O3/c1-16(2)26-13-18-6-4-5-17(11-18)12-22-19(21-3)23-14-20(7-9-24)8-10-25-15-20/h4-6,11,16,24H,7-10,12-15H2,1-3H3,(H2,21,22,23). The van der Waals surface area contributed by atoms with Crippen molar-refractivity contribution in [2.75, 3.05) is 33.4 Å². The summed E-state index contributed by atoms with van der Waals surface area (Å²) in [6.07, 6.45) is 1.94. The molecule has 0 radical (unpaired) electrons. The lowest BCUT2D eigenvalue weighted by Crippen LogP contribution is -2.44. The molecule has 0 spiro atoms. The highest BCUT2D eigenvalue weighted by atomic mass is 16.5. The van der Waals surface area contributed by atoms with E-state index in [-0.39, 0.29) is 18.1 Å². The van der Waals surface area contributed by atoms with Gasteiger partial charge in [0.1, 0.15) is 0 Å². The molecule has 0 bridgehead atoms. The van der Waals surface area contributed by atoms with Crippen LogP contribution in [0.25, 0.3) is 0 Å². The number of benzene rings is 1. The average molecular weight is 364 g/mol. The lowest BCUT2D eigenvalue weighted by Gasteiger charge is -2.27. The van der Waals surface area contributed by atoms with Crippen LogP contribution in [0.5, 0.6) is 0 Å². The number of hydrogen-bond acceptors (Lipinski definition) is 4. The van der Waals surface area contributed by atoms with Crippen LogP contribution in [0.1, 0.15) is 37.8 Å². The summed E-state index contributed by atoms with van der Waals surface area (Å²) in [4.78, 5) is 4.30. The summed E-state index contributed by atoms with van der Waals surface area (Å²) < 4.78 is 11.2. The van der Waals surface area contributed by atoms with E-state index in [1.54, 1.807) is 7.05 Å². The van der Waals surface area contributed by atoms with Crippen LogP contribution in [0.2, 0.25) is 0 Å². The average Bonchev–Trinajstić information content (AvgIpc) is 3.09. The monoisotopic (exact) mass is 363 g/mol. The number of nitrogens with zero attached hydrogens (tertiary/aromatic N) is 1. The van der Waals surface area contributed by atoms with Gasteiger partial charge in [0.05, 0.1) is 19.3 Å². The summed E-state index contributed by atoms with van der Waals surface area (Å²) in [5.74, 6) is 0.762. The van der Waals surface area contributed by atoms with Crippen molar-refractivity contribution in [1.82, 2.24) is 10.6 Å². The van der Waals surface area contributed by atoms with E-state index in [2.05, 4.69) is 39.9 Å². The Morgan fingerprint density at radius 1 is 1.35 bits per heavy atom. The first kappa shape index (κ1) is 20.7. The predicted molar refractivity (Wildman–Crippen MR) is 104 cm³/mol. The Bertz CT molecular complexity index is 569. The van der Waals surface area contributed by atoms with E-state index in [0.29, 0.717) is 19.8 Å². The second-order valence-corrected chi connectivity index (χ2v) is 7.24. The Labute approximate surface area is 157 Å². The van der Waals surface area contributed by atoms with Crippen LogP contribution in [0, 0.1) is 5.41 Å². The molecule has 1 aromatic rings. The van der Waals surface area contributed by atoms with E-state index in [4.69, 9.17) is 9.47 Å². The zero-order valence-corrected chi connectivity index (χ0v) is 16.3. The first-order chi connectivity index (χ1) is 12.6. The van der Waals surface area contributed by atoms with E-state index in [9.17, 15) is 5.11 Å². The van der Waals surface area contributed by atoms with Crippen molar-refractivity contribution in [3.8, 4) is 0 Å². The van der Waals surface area contributed by atoms with Crippen LogP contribution in [0.15, 0.2) is 29.3 Å². The molecule has 1 saturated heterocycles. The van der Waals surface area contributed by atoms with Gasteiger partial charge in [0.15, 0.2) is 5.96 Å². The Morgan fingerprint density at radius 3 is 2.81 bits per heavy atom. The van der Waals surface area contributed by atoms with Gasteiger partial charge in [-0.1, -0.05) is 24.3 Å². The summed E-state index contributed by atoms with van der Waals surface area (Å²) in [6.45, 7) is 7.78. The minimum absolute atomic E-state index is 0.000467. The fourth-order valence-electron chi connectivity index (χ4n) is 3.08. The molecule has 26 heavy (non-hydrogen) atoms. The van der Waals surface area contributed by atoms with Crippen LogP contribution >= 0.6 is 0 Å². The smallest absolute Gasteiger partial charge is 0.191 e. The molecule has 1 aromatic carbocycles. The normalized spacial score (nSPS) is 20.6. The second-order valence-electron chi connectivity index (χ2n) is 7.24. The molecule has 1 unspecified atom stereocenters. The summed E-state index contributed by atoms with van der Waals surface area (Å²) in [5, 5.41) is 16.1. The molecule has 1 heterocycles. The number of aliphatic imine (C=N–C) groups is 1.